The van der Waals surface area contributed by atoms with Crippen molar-refractivity contribution >= 4 is 23.5 Å². The number of carbonyl (C=O) groups excluding carboxylic acids is 1. The second-order valence-electron chi connectivity index (χ2n) is 2.94. The lowest BCUT2D eigenvalue weighted by molar-refractivity contribution is 0.0695. The Hall–Kier alpha value is -1.88. The highest BCUT2D eigenvalue weighted by molar-refractivity contribution is 6.29. The smallest absolute Gasteiger partial charge is 0.337 e. The van der Waals surface area contributed by atoms with Gasteiger partial charge in [0.2, 0.25) is 0 Å². The monoisotopic (exact) mass is 240 g/mol. The van der Waals surface area contributed by atoms with Crippen molar-refractivity contribution in [2.45, 2.75) is 0 Å². The number of carboxylic acid groups (broad SMARTS) is 1. The summed E-state index contributed by atoms with van der Waals surface area (Å²) in [6.45, 7) is 3.55. The minimum Gasteiger partial charge on any atom is -0.478 e. The fourth-order valence-corrected chi connectivity index (χ4v) is 0.988. The fourth-order valence-electron chi connectivity index (χ4n) is 0.921. The first-order valence-electron chi connectivity index (χ1n) is 4.31. The molecule has 0 aromatic carbocycles. The minimum atomic E-state index is -1.09. The third-order valence-electron chi connectivity index (χ3n) is 1.68. The topological polar surface area (TPSA) is 79.3 Å². The highest BCUT2D eigenvalue weighted by Crippen LogP contribution is 2.01. The van der Waals surface area contributed by atoms with E-state index >= 15 is 0 Å². The maximum absolute atomic E-state index is 11.4. The SMILES string of the molecule is C=C(Cl)CNC(=O)c1ccc(C(=O)O)cn1. The summed E-state index contributed by atoms with van der Waals surface area (Å²) in [4.78, 5) is 25.6. The van der Waals surface area contributed by atoms with Crippen LogP contribution in [0.2, 0.25) is 0 Å². The first kappa shape index (κ1) is 12.2. The van der Waals surface area contributed by atoms with Gasteiger partial charge in [-0.15, -0.1) is 0 Å². The van der Waals surface area contributed by atoms with Gasteiger partial charge < -0.3 is 10.4 Å². The molecule has 0 saturated carbocycles. The van der Waals surface area contributed by atoms with Crippen molar-refractivity contribution in [1.29, 1.82) is 0 Å². The summed E-state index contributed by atoms with van der Waals surface area (Å²) in [5, 5.41) is 11.4. The first-order chi connectivity index (χ1) is 7.50. The quantitative estimate of drug-likeness (QED) is 0.831. The summed E-state index contributed by atoms with van der Waals surface area (Å²) in [6, 6.07) is 2.63. The Balaban J connectivity index is 2.70. The Morgan fingerprint density at radius 3 is 2.62 bits per heavy atom. The molecule has 0 atom stereocenters. The van der Waals surface area contributed by atoms with E-state index in [1.54, 1.807) is 0 Å². The second-order valence-corrected chi connectivity index (χ2v) is 3.47. The van der Waals surface area contributed by atoms with Crippen LogP contribution in [0.25, 0.3) is 0 Å². The molecule has 0 radical (unpaired) electrons. The van der Waals surface area contributed by atoms with Crippen LogP contribution in [0.15, 0.2) is 29.9 Å². The molecule has 0 spiro atoms. The van der Waals surface area contributed by atoms with E-state index in [4.69, 9.17) is 16.7 Å². The molecule has 1 aromatic heterocycles. The normalized spacial score (nSPS) is 9.56. The van der Waals surface area contributed by atoms with Crippen LogP contribution in [0.4, 0.5) is 0 Å². The number of carboxylic acids is 1. The number of carbonyl (C=O) groups is 2. The van der Waals surface area contributed by atoms with Crippen molar-refractivity contribution in [3.8, 4) is 0 Å². The van der Waals surface area contributed by atoms with Crippen LogP contribution >= 0.6 is 11.6 Å². The van der Waals surface area contributed by atoms with Crippen LogP contribution in [-0.4, -0.2) is 28.5 Å². The fraction of sp³-hybridized carbons (Fsp3) is 0.100. The first-order valence-corrected chi connectivity index (χ1v) is 4.69. The molecule has 1 aromatic rings. The molecule has 84 valence electrons. The Morgan fingerprint density at radius 2 is 2.19 bits per heavy atom. The summed E-state index contributed by atoms with van der Waals surface area (Å²) < 4.78 is 0. The average Bonchev–Trinajstić information content (AvgIpc) is 2.26. The van der Waals surface area contributed by atoms with E-state index in [1.807, 2.05) is 0 Å². The summed E-state index contributed by atoms with van der Waals surface area (Å²) in [7, 11) is 0. The maximum atomic E-state index is 11.4. The lowest BCUT2D eigenvalue weighted by atomic mass is 10.2. The molecular weight excluding hydrogens is 232 g/mol. The molecule has 1 heterocycles. The Bertz CT molecular complexity index is 428. The predicted octanol–water partition coefficient (Wildman–Crippen LogP) is 1.26. The molecular formula is C10H9ClN2O3. The van der Waals surface area contributed by atoms with Crippen LogP contribution in [0.5, 0.6) is 0 Å². The van der Waals surface area contributed by atoms with Gasteiger partial charge in [0.1, 0.15) is 5.69 Å². The van der Waals surface area contributed by atoms with Gasteiger partial charge in [0.15, 0.2) is 0 Å². The van der Waals surface area contributed by atoms with Gasteiger partial charge in [-0.1, -0.05) is 18.2 Å². The Labute approximate surface area is 96.8 Å². The number of hydrogen-bond acceptors (Lipinski definition) is 3. The number of rotatable bonds is 4. The van der Waals surface area contributed by atoms with Crippen molar-refractivity contribution in [3.05, 3.63) is 41.2 Å². The Morgan fingerprint density at radius 1 is 1.50 bits per heavy atom. The molecule has 0 saturated heterocycles. The van der Waals surface area contributed by atoms with E-state index in [2.05, 4.69) is 16.9 Å². The van der Waals surface area contributed by atoms with Gasteiger partial charge in [0, 0.05) is 11.2 Å². The van der Waals surface area contributed by atoms with E-state index in [9.17, 15) is 9.59 Å². The van der Waals surface area contributed by atoms with Crippen LogP contribution < -0.4 is 5.32 Å². The van der Waals surface area contributed by atoms with E-state index in [-0.39, 0.29) is 17.8 Å². The highest BCUT2D eigenvalue weighted by atomic mass is 35.5. The minimum absolute atomic E-state index is 0.0262. The molecule has 0 bridgehead atoms. The number of nitrogens with one attached hydrogen (secondary N) is 1. The highest BCUT2D eigenvalue weighted by Gasteiger charge is 2.08. The average molecular weight is 241 g/mol. The van der Waals surface area contributed by atoms with E-state index in [0.717, 1.165) is 6.20 Å². The molecule has 0 aliphatic carbocycles. The van der Waals surface area contributed by atoms with Crippen molar-refractivity contribution in [3.63, 3.8) is 0 Å². The zero-order valence-electron chi connectivity index (χ0n) is 8.24. The zero-order valence-corrected chi connectivity index (χ0v) is 8.99. The van der Waals surface area contributed by atoms with Gasteiger partial charge in [-0.3, -0.25) is 9.78 Å². The van der Waals surface area contributed by atoms with Crippen LogP contribution in [0.3, 0.4) is 0 Å². The molecule has 0 aliphatic heterocycles. The third kappa shape index (κ3) is 3.36. The number of amides is 1. The number of pyridine rings is 1. The Kier molecular flexibility index (Phi) is 4.02. The summed E-state index contributed by atoms with van der Waals surface area (Å²) >= 11 is 5.47. The van der Waals surface area contributed by atoms with Gasteiger partial charge >= 0.3 is 5.97 Å². The molecule has 0 aliphatic rings. The summed E-state index contributed by atoms with van der Waals surface area (Å²) in [5.41, 5.74) is 0.154. The molecule has 5 nitrogen and oxygen atoms in total. The third-order valence-corrected chi connectivity index (χ3v) is 1.82. The standard InChI is InChI=1S/C10H9ClN2O3/c1-6(11)4-13-9(14)8-3-2-7(5-12-8)10(15)16/h2-3,5H,1,4H2,(H,13,14)(H,15,16). The van der Waals surface area contributed by atoms with Crippen molar-refractivity contribution in [1.82, 2.24) is 10.3 Å². The number of halogens is 1. The van der Waals surface area contributed by atoms with Gasteiger partial charge in [-0.05, 0) is 12.1 Å². The molecule has 2 N–H and O–H groups in total. The molecule has 1 rings (SSSR count). The lowest BCUT2D eigenvalue weighted by Gasteiger charge is -2.02. The largest absolute Gasteiger partial charge is 0.478 e. The van der Waals surface area contributed by atoms with Gasteiger partial charge in [-0.2, -0.15) is 0 Å². The predicted molar refractivity (Wildman–Crippen MR) is 58.5 cm³/mol. The van der Waals surface area contributed by atoms with Crippen LogP contribution in [-0.2, 0) is 0 Å². The summed E-state index contributed by atoms with van der Waals surface area (Å²) in [5.74, 6) is -1.52. The molecule has 0 fully saturated rings. The number of aromatic nitrogens is 1. The van der Waals surface area contributed by atoms with Gasteiger partial charge in [0.05, 0.1) is 12.1 Å². The zero-order chi connectivity index (χ0) is 12.1. The number of aromatic carboxylic acids is 1. The van der Waals surface area contributed by atoms with E-state index < -0.39 is 11.9 Å². The molecule has 16 heavy (non-hydrogen) atoms. The van der Waals surface area contributed by atoms with Gasteiger partial charge in [0.25, 0.3) is 5.91 Å². The van der Waals surface area contributed by atoms with Crippen molar-refractivity contribution < 1.29 is 14.7 Å². The number of nitrogens with zero attached hydrogens (tertiary/aromatic N) is 1. The van der Waals surface area contributed by atoms with Crippen LogP contribution in [0.1, 0.15) is 20.8 Å². The molecule has 6 heteroatoms. The van der Waals surface area contributed by atoms with Crippen molar-refractivity contribution in [2.24, 2.45) is 0 Å². The van der Waals surface area contributed by atoms with E-state index in [1.165, 1.54) is 12.1 Å². The summed E-state index contributed by atoms with van der Waals surface area (Å²) in [6.07, 6.45) is 1.12. The lowest BCUT2D eigenvalue weighted by Crippen LogP contribution is -2.25. The van der Waals surface area contributed by atoms with Crippen molar-refractivity contribution in [2.75, 3.05) is 6.54 Å². The van der Waals surface area contributed by atoms with Gasteiger partial charge in [-0.25, -0.2) is 4.79 Å². The molecule has 1 amide bonds. The molecule has 0 unspecified atom stereocenters. The second kappa shape index (κ2) is 5.27. The van der Waals surface area contributed by atoms with Crippen LogP contribution in [0, 0.1) is 0 Å². The number of hydrogen-bond donors (Lipinski definition) is 2. The van der Waals surface area contributed by atoms with E-state index in [0.29, 0.717) is 5.03 Å². The maximum Gasteiger partial charge on any atom is 0.337 e.